The number of carbonyl (C=O) groups is 2. The molecule has 1 amide bonds. The van der Waals surface area contributed by atoms with Gasteiger partial charge in [-0.3, -0.25) is 14.9 Å². The first-order valence-corrected chi connectivity index (χ1v) is 9.83. The normalized spacial score (nSPS) is 26.6. The Morgan fingerprint density at radius 3 is 2.69 bits per heavy atom. The fourth-order valence-corrected chi connectivity index (χ4v) is 3.51. The number of carbonyl (C=O) groups excluding carboxylic acids is 2. The Morgan fingerprint density at radius 1 is 1.28 bits per heavy atom. The number of amides is 1. The summed E-state index contributed by atoms with van der Waals surface area (Å²) in [6, 6.07) is 4.27. The third-order valence-corrected chi connectivity index (χ3v) is 5.13. The highest BCUT2D eigenvalue weighted by Gasteiger charge is 2.28. The molecule has 1 unspecified atom stereocenters. The number of hydrogen-bond donors (Lipinski definition) is 5. The zero-order valence-electron chi connectivity index (χ0n) is 17.2. The van der Waals surface area contributed by atoms with Crippen LogP contribution in [0.1, 0.15) is 42.9 Å². The number of nitrogens with two attached hydrogens (primary N) is 1. The van der Waals surface area contributed by atoms with Crippen LogP contribution in [0.5, 0.6) is 5.75 Å². The average Bonchev–Trinajstić information content (AvgIpc) is 2.72. The van der Waals surface area contributed by atoms with Crippen molar-refractivity contribution >= 4 is 11.9 Å². The predicted molar refractivity (Wildman–Crippen MR) is 108 cm³/mol. The van der Waals surface area contributed by atoms with Crippen molar-refractivity contribution in [3.8, 4) is 5.75 Å². The summed E-state index contributed by atoms with van der Waals surface area (Å²) in [5, 5.41) is 18.7. The third-order valence-electron chi connectivity index (χ3n) is 5.13. The van der Waals surface area contributed by atoms with Crippen LogP contribution in [0.3, 0.4) is 0 Å². The minimum Gasteiger partial charge on any atom is -0.496 e. The number of hydrogen-bond acceptors (Lipinski definition) is 8. The van der Waals surface area contributed by atoms with Crippen LogP contribution in [0.25, 0.3) is 0 Å². The Labute approximate surface area is 171 Å². The number of rotatable bonds is 3. The summed E-state index contributed by atoms with van der Waals surface area (Å²) in [7, 11) is 4.59. The number of likely N-dealkylation sites (N-methyl/N-ethyl adjacent to an activating group) is 1. The van der Waals surface area contributed by atoms with Gasteiger partial charge in [0, 0.05) is 0 Å². The van der Waals surface area contributed by atoms with Gasteiger partial charge in [-0.2, -0.15) is 0 Å². The van der Waals surface area contributed by atoms with Crippen LogP contribution in [-0.4, -0.2) is 56.7 Å². The van der Waals surface area contributed by atoms with Gasteiger partial charge in [-0.1, -0.05) is 25.0 Å². The fraction of sp³-hybridized carbons (Fsp3) is 0.600. The number of benzene rings is 1. The Morgan fingerprint density at radius 2 is 2.03 bits per heavy atom. The van der Waals surface area contributed by atoms with E-state index in [2.05, 4.69) is 16.0 Å². The van der Waals surface area contributed by atoms with Gasteiger partial charge in [0.1, 0.15) is 30.2 Å². The fourth-order valence-electron chi connectivity index (χ4n) is 3.51. The van der Waals surface area contributed by atoms with Crippen molar-refractivity contribution in [2.45, 2.75) is 56.6 Å². The molecule has 1 aromatic rings. The van der Waals surface area contributed by atoms with Gasteiger partial charge in [0.25, 0.3) is 0 Å². The molecule has 9 nitrogen and oxygen atoms in total. The van der Waals surface area contributed by atoms with Crippen molar-refractivity contribution in [3.63, 3.8) is 0 Å². The molecule has 0 fully saturated rings. The molecule has 9 heteroatoms. The standard InChI is InChI=1S/C20H32N4O5/c1-22-16-13-9-10-15(28-2)12(11-13)7-5-4-6-8-14(20(27)29-3)23-19(26)17(21)24-18(16)25/h9-11,14,16-17,19,22-23,26H,4-8,21H2,1-3H3,(H,24,25)/t14-,16-,17+,19?/m0/s1. The van der Waals surface area contributed by atoms with Crippen LogP contribution in [0.4, 0.5) is 0 Å². The molecule has 1 aliphatic heterocycles. The highest BCUT2D eigenvalue weighted by Crippen LogP contribution is 2.26. The lowest BCUT2D eigenvalue weighted by molar-refractivity contribution is -0.144. The molecule has 2 rings (SSSR count). The quantitative estimate of drug-likeness (QED) is 0.439. The molecule has 1 aliphatic rings. The molecule has 6 N–H and O–H groups in total. The SMILES string of the molecule is CN[C@@H]1C(=O)N[C@@H](N)C(O)N[C@H](C(=O)OC)CCCCCc2cc1ccc2OC. The Kier molecular flexibility index (Phi) is 8.84. The molecule has 2 bridgehead atoms. The molecule has 0 aliphatic carbocycles. The summed E-state index contributed by atoms with van der Waals surface area (Å²) in [6.45, 7) is 0. The second-order valence-electron chi connectivity index (χ2n) is 7.11. The van der Waals surface area contributed by atoms with E-state index in [-0.39, 0.29) is 5.91 Å². The molecule has 1 aromatic carbocycles. The summed E-state index contributed by atoms with van der Waals surface area (Å²) >= 11 is 0. The first-order chi connectivity index (χ1) is 13.9. The van der Waals surface area contributed by atoms with Crippen LogP contribution in [0.15, 0.2) is 18.2 Å². The Bertz CT molecular complexity index is 699. The molecule has 162 valence electrons. The Balaban J connectivity index is 2.30. The molecular weight excluding hydrogens is 376 g/mol. The molecule has 1 heterocycles. The van der Waals surface area contributed by atoms with Crippen LogP contribution in [-0.2, 0) is 20.7 Å². The summed E-state index contributed by atoms with van der Waals surface area (Å²) in [5.41, 5.74) is 7.74. The van der Waals surface area contributed by atoms with Gasteiger partial charge in [0.05, 0.1) is 14.2 Å². The molecule has 4 atom stereocenters. The zero-order chi connectivity index (χ0) is 21.4. The summed E-state index contributed by atoms with van der Waals surface area (Å²) in [4.78, 5) is 24.8. The minimum atomic E-state index is -1.31. The molecule has 0 saturated heterocycles. The van der Waals surface area contributed by atoms with Crippen molar-refractivity contribution in [3.05, 3.63) is 29.3 Å². The van der Waals surface area contributed by atoms with Crippen molar-refractivity contribution in [2.24, 2.45) is 5.73 Å². The van der Waals surface area contributed by atoms with E-state index >= 15 is 0 Å². The largest absolute Gasteiger partial charge is 0.496 e. The van der Waals surface area contributed by atoms with Gasteiger partial charge in [-0.25, -0.2) is 0 Å². The van der Waals surface area contributed by atoms with Crippen LogP contribution >= 0.6 is 0 Å². The maximum Gasteiger partial charge on any atom is 0.322 e. The number of aryl methyl sites for hydroxylation is 1. The van der Waals surface area contributed by atoms with Crippen LogP contribution in [0, 0.1) is 0 Å². The van der Waals surface area contributed by atoms with E-state index in [4.69, 9.17) is 15.2 Å². The average molecular weight is 408 g/mol. The topological polar surface area (TPSA) is 135 Å². The minimum absolute atomic E-state index is 0.388. The lowest BCUT2D eigenvalue weighted by Gasteiger charge is -2.27. The third kappa shape index (κ3) is 6.14. The van der Waals surface area contributed by atoms with E-state index in [0.717, 1.165) is 42.6 Å². The van der Waals surface area contributed by atoms with Crippen molar-refractivity contribution in [2.75, 3.05) is 21.3 Å². The predicted octanol–water partition coefficient (Wildman–Crippen LogP) is -0.0772. The van der Waals surface area contributed by atoms with Gasteiger partial charge in [-0.05, 0) is 43.5 Å². The number of aliphatic hydroxyl groups is 1. The van der Waals surface area contributed by atoms with E-state index in [1.54, 1.807) is 14.2 Å². The first kappa shape index (κ1) is 23.1. The maximum absolute atomic E-state index is 12.8. The second-order valence-corrected chi connectivity index (χ2v) is 7.11. The van der Waals surface area contributed by atoms with E-state index in [1.165, 1.54) is 7.11 Å². The summed E-state index contributed by atoms with van der Waals surface area (Å²) in [6.07, 6.45) is 1.41. The smallest absolute Gasteiger partial charge is 0.322 e. The number of nitrogens with one attached hydrogen (secondary N) is 3. The number of methoxy groups -OCH3 is 2. The summed E-state index contributed by atoms with van der Waals surface area (Å²) in [5.74, 6) is -0.0932. The highest BCUT2D eigenvalue weighted by molar-refractivity contribution is 5.83. The molecule has 0 aromatic heterocycles. The van der Waals surface area contributed by atoms with Gasteiger partial charge in [-0.15, -0.1) is 0 Å². The number of aliphatic hydroxyl groups excluding tert-OH is 1. The molecule has 0 saturated carbocycles. The maximum atomic E-state index is 12.8. The molecule has 29 heavy (non-hydrogen) atoms. The first-order valence-electron chi connectivity index (χ1n) is 9.83. The van der Waals surface area contributed by atoms with E-state index < -0.39 is 30.4 Å². The van der Waals surface area contributed by atoms with Crippen molar-refractivity contribution < 1.29 is 24.2 Å². The number of fused-ring (bicyclic) bond motifs is 2. The van der Waals surface area contributed by atoms with E-state index in [0.29, 0.717) is 6.42 Å². The summed E-state index contributed by atoms with van der Waals surface area (Å²) < 4.78 is 10.3. The Hall–Kier alpha value is -2.20. The molecule has 0 spiro atoms. The van der Waals surface area contributed by atoms with Crippen molar-refractivity contribution in [1.29, 1.82) is 0 Å². The van der Waals surface area contributed by atoms with Crippen LogP contribution in [0.2, 0.25) is 0 Å². The number of ether oxygens (including phenoxy) is 2. The molecular formula is C20H32N4O5. The highest BCUT2D eigenvalue weighted by atomic mass is 16.5. The monoisotopic (exact) mass is 408 g/mol. The van der Waals surface area contributed by atoms with Crippen LogP contribution < -0.4 is 26.4 Å². The lowest BCUT2D eigenvalue weighted by atomic mass is 9.98. The molecule has 0 radical (unpaired) electrons. The van der Waals surface area contributed by atoms with Gasteiger partial charge in [0.2, 0.25) is 5.91 Å². The van der Waals surface area contributed by atoms with Crippen molar-refractivity contribution in [1.82, 2.24) is 16.0 Å². The van der Waals surface area contributed by atoms with Gasteiger partial charge >= 0.3 is 5.97 Å². The zero-order valence-corrected chi connectivity index (χ0v) is 17.2. The van der Waals surface area contributed by atoms with E-state index in [1.807, 2.05) is 18.2 Å². The van der Waals surface area contributed by atoms with Gasteiger partial charge < -0.3 is 30.9 Å². The lowest BCUT2D eigenvalue weighted by Crippen LogP contribution is -2.59. The second kappa shape index (κ2) is 11.1. The number of esters is 1. The van der Waals surface area contributed by atoms with E-state index in [9.17, 15) is 14.7 Å². The van der Waals surface area contributed by atoms with Gasteiger partial charge in [0.15, 0.2) is 0 Å².